The van der Waals surface area contributed by atoms with E-state index in [1.54, 1.807) is 31.8 Å². The number of amides is 1. The van der Waals surface area contributed by atoms with Crippen molar-refractivity contribution in [3.63, 3.8) is 0 Å². The molecular weight excluding hydrogens is 380 g/mol. The Bertz CT molecular complexity index is 980. The topological polar surface area (TPSA) is 93.1 Å². The molecule has 1 fully saturated rings. The van der Waals surface area contributed by atoms with E-state index in [0.29, 0.717) is 24.7 Å². The van der Waals surface area contributed by atoms with Gasteiger partial charge in [0.25, 0.3) is 0 Å². The first-order valence-electron chi connectivity index (χ1n) is 10.0. The fourth-order valence-electron chi connectivity index (χ4n) is 3.64. The average molecular weight is 404 g/mol. The molecule has 1 amide bonds. The number of methoxy groups -OCH3 is 1. The Kier molecular flexibility index (Phi) is 6.12. The lowest BCUT2D eigenvalue weighted by Gasteiger charge is -2.24. The lowest BCUT2D eigenvalue weighted by atomic mass is 10.1. The van der Waals surface area contributed by atoms with Gasteiger partial charge in [0.2, 0.25) is 17.8 Å². The van der Waals surface area contributed by atoms with E-state index >= 15 is 0 Å². The highest BCUT2D eigenvalue weighted by atomic mass is 16.5. The molecule has 0 bridgehead atoms. The van der Waals surface area contributed by atoms with Crippen LogP contribution in [0.5, 0.6) is 5.75 Å². The number of anilines is 2. The van der Waals surface area contributed by atoms with Crippen molar-refractivity contribution in [2.45, 2.75) is 31.7 Å². The molecular formula is C22H24N6O2. The van der Waals surface area contributed by atoms with Crippen molar-refractivity contribution in [3.8, 4) is 5.75 Å². The molecule has 1 saturated heterocycles. The summed E-state index contributed by atoms with van der Waals surface area (Å²) in [4.78, 5) is 32.0. The maximum atomic E-state index is 12.9. The number of nitrogens with zero attached hydrogens (tertiary/aromatic N) is 5. The van der Waals surface area contributed by atoms with Gasteiger partial charge in [0.15, 0.2) is 0 Å². The Morgan fingerprint density at radius 1 is 1.10 bits per heavy atom. The van der Waals surface area contributed by atoms with Crippen LogP contribution >= 0.6 is 0 Å². The van der Waals surface area contributed by atoms with Crippen molar-refractivity contribution in [1.82, 2.24) is 24.8 Å². The van der Waals surface area contributed by atoms with Crippen molar-refractivity contribution in [1.29, 1.82) is 0 Å². The van der Waals surface area contributed by atoms with Crippen LogP contribution < -0.4 is 10.1 Å². The summed E-state index contributed by atoms with van der Waals surface area (Å²) >= 11 is 0. The van der Waals surface area contributed by atoms with Crippen molar-refractivity contribution in [3.05, 3.63) is 66.2 Å². The van der Waals surface area contributed by atoms with E-state index in [1.165, 1.54) is 0 Å². The first kappa shape index (κ1) is 19.8. The van der Waals surface area contributed by atoms with Gasteiger partial charge >= 0.3 is 0 Å². The molecule has 2 aromatic heterocycles. The largest absolute Gasteiger partial charge is 0.497 e. The zero-order chi connectivity index (χ0) is 20.8. The smallest absolute Gasteiger partial charge is 0.229 e. The molecule has 0 radical (unpaired) electrons. The highest BCUT2D eigenvalue weighted by Gasteiger charge is 2.30. The Balaban J connectivity index is 1.41. The fraction of sp³-hybridized carbons (Fsp3) is 0.318. The third-order valence-electron chi connectivity index (χ3n) is 5.17. The Morgan fingerprint density at radius 2 is 1.87 bits per heavy atom. The number of aromatic nitrogens is 4. The number of hydrogen-bond acceptors (Lipinski definition) is 7. The number of ether oxygens (including phenoxy) is 1. The van der Waals surface area contributed by atoms with E-state index < -0.39 is 0 Å². The van der Waals surface area contributed by atoms with Gasteiger partial charge < -0.3 is 9.64 Å². The Labute approximate surface area is 175 Å². The molecule has 1 atom stereocenters. The second kappa shape index (κ2) is 9.30. The summed E-state index contributed by atoms with van der Waals surface area (Å²) in [6.45, 7) is 0.751. The van der Waals surface area contributed by atoms with Crippen molar-refractivity contribution < 1.29 is 9.53 Å². The predicted octanol–water partition coefficient (Wildman–Crippen LogP) is 3.32. The number of likely N-dealkylation sites (tertiary alicyclic amines) is 1. The maximum absolute atomic E-state index is 12.9. The van der Waals surface area contributed by atoms with E-state index in [4.69, 9.17) is 4.74 Å². The molecule has 1 N–H and O–H groups in total. The molecule has 8 heteroatoms. The Morgan fingerprint density at radius 3 is 2.63 bits per heavy atom. The molecule has 1 aliphatic heterocycles. The van der Waals surface area contributed by atoms with E-state index in [-0.39, 0.29) is 11.9 Å². The fourth-order valence-corrected chi connectivity index (χ4v) is 3.64. The van der Waals surface area contributed by atoms with Crippen LogP contribution in [0.4, 0.5) is 11.9 Å². The van der Waals surface area contributed by atoms with Gasteiger partial charge in [-0.3, -0.25) is 10.1 Å². The normalized spacial score (nSPS) is 15.8. The molecule has 3 aromatic rings. The summed E-state index contributed by atoms with van der Waals surface area (Å²) < 4.78 is 5.19. The van der Waals surface area contributed by atoms with E-state index in [1.807, 2.05) is 35.2 Å². The van der Waals surface area contributed by atoms with Crippen LogP contribution in [-0.4, -0.2) is 44.4 Å². The van der Waals surface area contributed by atoms with Crippen LogP contribution in [0, 0.1) is 0 Å². The highest BCUT2D eigenvalue weighted by Crippen LogP contribution is 2.32. The van der Waals surface area contributed by atoms with E-state index in [0.717, 1.165) is 36.4 Å². The molecule has 3 heterocycles. The second-order valence-electron chi connectivity index (χ2n) is 7.10. The number of hydrogen-bond donors (Lipinski definition) is 1. The zero-order valence-corrected chi connectivity index (χ0v) is 16.9. The molecule has 154 valence electrons. The average Bonchev–Trinajstić information content (AvgIpc) is 3.29. The minimum absolute atomic E-state index is 0.0337. The van der Waals surface area contributed by atoms with Crippen LogP contribution in [0.2, 0.25) is 0 Å². The van der Waals surface area contributed by atoms with Gasteiger partial charge in [-0.15, -0.1) is 0 Å². The monoisotopic (exact) mass is 404 g/mol. The van der Waals surface area contributed by atoms with Crippen LogP contribution in [-0.2, 0) is 11.2 Å². The molecule has 4 rings (SSSR count). The molecule has 30 heavy (non-hydrogen) atoms. The molecule has 1 aliphatic rings. The maximum Gasteiger partial charge on any atom is 0.229 e. The van der Waals surface area contributed by atoms with E-state index in [2.05, 4.69) is 25.3 Å². The molecule has 8 nitrogen and oxygen atoms in total. The minimum Gasteiger partial charge on any atom is -0.497 e. The first-order valence-corrected chi connectivity index (χ1v) is 10.0. The quantitative estimate of drug-likeness (QED) is 0.646. The lowest BCUT2D eigenvalue weighted by molar-refractivity contribution is -0.132. The minimum atomic E-state index is -0.0337. The van der Waals surface area contributed by atoms with E-state index in [9.17, 15) is 4.79 Å². The van der Waals surface area contributed by atoms with Crippen LogP contribution in [0.1, 0.15) is 36.6 Å². The number of nitrogens with one attached hydrogen (secondary N) is 1. The summed E-state index contributed by atoms with van der Waals surface area (Å²) in [7, 11) is 1.65. The summed E-state index contributed by atoms with van der Waals surface area (Å²) in [6, 6.07) is 11.4. The van der Waals surface area contributed by atoms with Crippen LogP contribution in [0.3, 0.4) is 0 Å². The number of rotatable bonds is 7. The number of benzene rings is 1. The summed E-state index contributed by atoms with van der Waals surface area (Å²) in [5, 5.41) is 3.01. The Hall–Kier alpha value is -3.55. The SMILES string of the molecule is COc1ccc(CCC(=O)N2CCC[C@@H]2c2ccnc(Nc3ncccn3)n2)cc1. The van der Waals surface area contributed by atoms with Gasteiger partial charge in [0.05, 0.1) is 18.8 Å². The third kappa shape index (κ3) is 4.71. The van der Waals surface area contributed by atoms with Gasteiger partial charge in [0.1, 0.15) is 5.75 Å². The van der Waals surface area contributed by atoms with Crippen molar-refractivity contribution in [2.75, 3.05) is 19.0 Å². The van der Waals surface area contributed by atoms with Crippen molar-refractivity contribution in [2.24, 2.45) is 0 Å². The predicted molar refractivity (Wildman–Crippen MR) is 112 cm³/mol. The lowest BCUT2D eigenvalue weighted by Crippen LogP contribution is -2.31. The van der Waals surface area contributed by atoms with Crippen LogP contribution in [0.25, 0.3) is 0 Å². The summed E-state index contributed by atoms with van der Waals surface area (Å²) in [5.74, 6) is 1.83. The third-order valence-corrected chi connectivity index (χ3v) is 5.17. The van der Waals surface area contributed by atoms with Gasteiger partial charge in [-0.25, -0.2) is 19.9 Å². The summed E-state index contributed by atoms with van der Waals surface area (Å²) in [5.41, 5.74) is 1.95. The molecule has 0 unspecified atom stereocenters. The summed E-state index contributed by atoms with van der Waals surface area (Å²) in [6.07, 6.45) is 8.04. The van der Waals surface area contributed by atoms with Gasteiger partial charge in [0, 0.05) is 31.6 Å². The number of aryl methyl sites for hydroxylation is 1. The number of carbonyl (C=O) groups is 1. The van der Waals surface area contributed by atoms with Gasteiger partial charge in [-0.2, -0.15) is 0 Å². The van der Waals surface area contributed by atoms with Crippen LogP contribution in [0.15, 0.2) is 55.0 Å². The standard InChI is InChI=1S/C22H24N6O2/c1-30-17-8-5-16(6-9-17)7-10-20(29)28-15-2-4-19(28)18-11-14-25-22(26-18)27-21-23-12-3-13-24-21/h3,5-6,8-9,11-14,19H,2,4,7,10,15H2,1H3,(H,23,24,25,26,27)/t19-/m1/s1. The highest BCUT2D eigenvalue weighted by molar-refractivity contribution is 5.77. The van der Waals surface area contributed by atoms with Crippen molar-refractivity contribution >= 4 is 17.8 Å². The van der Waals surface area contributed by atoms with Gasteiger partial charge in [-0.1, -0.05) is 12.1 Å². The molecule has 0 aliphatic carbocycles. The first-order chi connectivity index (χ1) is 14.7. The number of carbonyl (C=O) groups excluding carboxylic acids is 1. The molecule has 1 aromatic carbocycles. The molecule has 0 spiro atoms. The zero-order valence-electron chi connectivity index (χ0n) is 16.9. The second-order valence-corrected chi connectivity index (χ2v) is 7.10. The molecule has 0 saturated carbocycles. The van der Waals surface area contributed by atoms with Gasteiger partial charge in [-0.05, 0) is 49.1 Å².